The maximum atomic E-state index is 6.36. The zero-order valence-electron chi connectivity index (χ0n) is 27.3. The molecule has 5 aromatic carbocycles. The van der Waals surface area contributed by atoms with Crippen molar-refractivity contribution in [2.24, 2.45) is 0 Å². The van der Waals surface area contributed by atoms with Crippen LogP contribution in [-0.4, -0.2) is 24.9 Å². The van der Waals surface area contributed by atoms with E-state index in [9.17, 15) is 0 Å². The quantitative estimate of drug-likeness (QED) is 0.165. The minimum atomic E-state index is 0.630. The van der Waals surface area contributed by atoms with E-state index in [1.807, 2.05) is 98.8 Å². The van der Waals surface area contributed by atoms with Crippen molar-refractivity contribution in [3.8, 4) is 45.6 Å². The van der Waals surface area contributed by atoms with E-state index in [0.717, 1.165) is 70.2 Å². The summed E-state index contributed by atoms with van der Waals surface area (Å²) < 4.78 is 8.65. The summed E-state index contributed by atoms with van der Waals surface area (Å²) in [6, 6.07) is 41.0. The first-order chi connectivity index (χ1) is 24.7. The fraction of sp³-hybridized carbons (Fsp3) is 0.0465. The SMILES string of the molecule is C/C=C\C(=C/C)c1nc(-c2cccc3sc4cc(-c5nc(-c6ccccc6)nc(-c6ccccc6)n5)ccc4c23)nc2c1oc1ccccc12. The zero-order valence-corrected chi connectivity index (χ0v) is 28.1. The van der Waals surface area contributed by atoms with Crippen molar-refractivity contribution in [1.29, 1.82) is 0 Å². The molecule has 9 rings (SSSR count). The molecule has 7 heteroatoms. The predicted octanol–water partition coefficient (Wildman–Crippen LogP) is 11.6. The summed E-state index contributed by atoms with van der Waals surface area (Å²) in [5.41, 5.74) is 7.84. The van der Waals surface area contributed by atoms with Gasteiger partial charge in [0.25, 0.3) is 0 Å². The van der Waals surface area contributed by atoms with Crippen LogP contribution in [-0.2, 0) is 0 Å². The molecule has 0 N–H and O–H groups in total. The number of allylic oxidation sites excluding steroid dienone is 4. The molecule has 0 spiro atoms. The van der Waals surface area contributed by atoms with Crippen molar-refractivity contribution in [3.05, 3.63) is 145 Å². The van der Waals surface area contributed by atoms with E-state index in [1.165, 1.54) is 0 Å². The van der Waals surface area contributed by atoms with Gasteiger partial charge in [0.05, 0.1) is 0 Å². The van der Waals surface area contributed by atoms with E-state index in [4.69, 9.17) is 29.3 Å². The molecule has 50 heavy (non-hydrogen) atoms. The van der Waals surface area contributed by atoms with Gasteiger partial charge in [-0.15, -0.1) is 11.3 Å². The highest BCUT2D eigenvalue weighted by atomic mass is 32.1. The lowest BCUT2D eigenvalue weighted by atomic mass is 10.0. The van der Waals surface area contributed by atoms with Crippen LogP contribution in [0.3, 0.4) is 0 Å². The molecule has 0 fully saturated rings. The zero-order chi connectivity index (χ0) is 33.6. The van der Waals surface area contributed by atoms with Crippen LogP contribution in [0.25, 0.3) is 93.4 Å². The van der Waals surface area contributed by atoms with Gasteiger partial charge in [-0.1, -0.05) is 115 Å². The van der Waals surface area contributed by atoms with E-state index in [-0.39, 0.29) is 0 Å². The first kappa shape index (κ1) is 29.8. The summed E-state index contributed by atoms with van der Waals surface area (Å²) >= 11 is 1.74. The Balaban J connectivity index is 1.23. The summed E-state index contributed by atoms with van der Waals surface area (Å²) in [7, 11) is 0. The second-order valence-corrected chi connectivity index (χ2v) is 13.0. The number of furan rings is 1. The highest BCUT2D eigenvalue weighted by molar-refractivity contribution is 7.26. The topological polar surface area (TPSA) is 77.6 Å². The van der Waals surface area contributed by atoms with Gasteiger partial charge < -0.3 is 4.42 Å². The smallest absolute Gasteiger partial charge is 0.180 e. The number of nitrogens with zero attached hydrogens (tertiary/aromatic N) is 5. The third-order valence-corrected chi connectivity index (χ3v) is 9.96. The van der Waals surface area contributed by atoms with Crippen LogP contribution in [0.15, 0.2) is 144 Å². The number of rotatable bonds is 6. The number of benzene rings is 5. The summed E-state index contributed by atoms with van der Waals surface area (Å²) in [6.07, 6.45) is 6.15. The summed E-state index contributed by atoms with van der Waals surface area (Å²) in [5, 5.41) is 3.22. The normalized spacial score (nSPS) is 12.2. The Morgan fingerprint density at radius 3 is 1.96 bits per heavy atom. The number of fused-ring (bicyclic) bond motifs is 6. The van der Waals surface area contributed by atoms with Crippen LogP contribution in [0.2, 0.25) is 0 Å². The van der Waals surface area contributed by atoms with Gasteiger partial charge in [-0.25, -0.2) is 24.9 Å². The van der Waals surface area contributed by atoms with Crippen molar-refractivity contribution in [2.45, 2.75) is 13.8 Å². The molecule has 0 saturated heterocycles. The molecule has 9 aromatic rings. The van der Waals surface area contributed by atoms with E-state index < -0.39 is 0 Å². The third kappa shape index (κ3) is 5.07. The Labute approximate surface area is 292 Å². The Bertz CT molecular complexity index is 2720. The Hall–Kier alpha value is -6.31. The molecule has 0 radical (unpaired) electrons. The lowest BCUT2D eigenvalue weighted by molar-refractivity contribution is 0.664. The van der Waals surface area contributed by atoms with E-state index in [2.05, 4.69) is 54.6 Å². The maximum absolute atomic E-state index is 6.36. The Morgan fingerprint density at radius 2 is 1.26 bits per heavy atom. The summed E-state index contributed by atoms with van der Waals surface area (Å²) in [5.74, 6) is 2.57. The molecule has 0 bridgehead atoms. The van der Waals surface area contributed by atoms with E-state index in [0.29, 0.717) is 28.9 Å². The van der Waals surface area contributed by atoms with Gasteiger partial charge in [0.2, 0.25) is 0 Å². The molecule has 0 atom stereocenters. The average molecular weight is 664 g/mol. The van der Waals surface area contributed by atoms with Crippen LogP contribution in [0.4, 0.5) is 0 Å². The van der Waals surface area contributed by atoms with Crippen molar-refractivity contribution >= 4 is 59.2 Å². The molecule has 0 saturated carbocycles. The van der Waals surface area contributed by atoms with Crippen molar-refractivity contribution < 1.29 is 4.42 Å². The van der Waals surface area contributed by atoms with Gasteiger partial charge in [0.15, 0.2) is 28.9 Å². The van der Waals surface area contributed by atoms with Crippen molar-refractivity contribution in [2.75, 3.05) is 0 Å². The van der Waals surface area contributed by atoms with Crippen molar-refractivity contribution in [3.63, 3.8) is 0 Å². The first-order valence-corrected chi connectivity index (χ1v) is 17.3. The molecular weight excluding hydrogens is 635 g/mol. The molecule has 0 aliphatic carbocycles. The number of para-hydroxylation sites is 1. The molecule has 4 heterocycles. The Morgan fingerprint density at radius 1 is 0.580 bits per heavy atom. The molecule has 0 amide bonds. The van der Waals surface area contributed by atoms with Crippen LogP contribution < -0.4 is 0 Å². The van der Waals surface area contributed by atoms with Crippen LogP contribution in [0, 0.1) is 0 Å². The predicted molar refractivity (Wildman–Crippen MR) is 206 cm³/mol. The number of thiophene rings is 1. The van der Waals surface area contributed by atoms with E-state index in [1.54, 1.807) is 11.3 Å². The number of hydrogen-bond donors (Lipinski definition) is 0. The Kier molecular flexibility index (Phi) is 7.33. The molecule has 238 valence electrons. The third-order valence-electron chi connectivity index (χ3n) is 8.85. The molecule has 4 aromatic heterocycles. The van der Waals surface area contributed by atoms with Crippen molar-refractivity contribution in [1.82, 2.24) is 24.9 Å². The standard InChI is InChI=1S/C43H29N5OS/c1-3-14-26(4-2)37-39-38(30-19-11-12-21-33(30)49-39)45-43(44-37)32-20-13-22-34-36(32)31-24-23-29(25-35(31)50-34)42-47-40(27-15-7-5-8-16-27)46-41(48-42)28-17-9-6-10-18-28/h3-25H,1-2H3/b14-3-,26-4+. The largest absolute Gasteiger partial charge is 0.452 e. The summed E-state index contributed by atoms with van der Waals surface area (Å²) in [4.78, 5) is 25.2. The van der Waals surface area contributed by atoms with Gasteiger partial charge in [0.1, 0.15) is 16.8 Å². The van der Waals surface area contributed by atoms with Crippen LogP contribution >= 0.6 is 11.3 Å². The second-order valence-electron chi connectivity index (χ2n) is 11.9. The molecule has 6 nitrogen and oxygen atoms in total. The lowest BCUT2D eigenvalue weighted by Crippen LogP contribution is -2.00. The van der Waals surface area contributed by atoms with Gasteiger partial charge in [-0.2, -0.15) is 0 Å². The van der Waals surface area contributed by atoms with Crippen LogP contribution in [0.5, 0.6) is 0 Å². The molecule has 0 unspecified atom stereocenters. The monoisotopic (exact) mass is 663 g/mol. The van der Waals surface area contributed by atoms with Gasteiger partial charge in [0, 0.05) is 47.8 Å². The highest BCUT2D eigenvalue weighted by Crippen LogP contribution is 2.42. The fourth-order valence-electron chi connectivity index (χ4n) is 6.49. The lowest BCUT2D eigenvalue weighted by Gasteiger charge is -2.09. The molecule has 0 aliphatic rings. The average Bonchev–Trinajstić information content (AvgIpc) is 3.75. The molecule has 0 aliphatic heterocycles. The van der Waals surface area contributed by atoms with E-state index >= 15 is 0 Å². The van der Waals surface area contributed by atoms with Gasteiger partial charge in [-0.3, -0.25) is 0 Å². The van der Waals surface area contributed by atoms with Gasteiger partial charge >= 0.3 is 0 Å². The number of hydrogen-bond acceptors (Lipinski definition) is 7. The minimum Gasteiger partial charge on any atom is -0.452 e. The fourth-order valence-corrected chi connectivity index (χ4v) is 7.66. The number of aromatic nitrogens is 5. The molecular formula is C43H29N5OS. The summed E-state index contributed by atoms with van der Waals surface area (Å²) in [6.45, 7) is 4.03. The first-order valence-electron chi connectivity index (χ1n) is 16.5. The highest BCUT2D eigenvalue weighted by Gasteiger charge is 2.21. The minimum absolute atomic E-state index is 0.630. The maximum Gasteiger partial charge on any atom is 0.180 e. The van der Waals surface area contributed by atoms with Gasteiger partial charge in [-0.05, 0) is 43.7 Å². The van der Waals surface area contributed by atoms with Crippen LogP contribution in [0.1, 0.15) is 19.5 Å². The second kappa shape index (κ2) is 12.3.